The monoisotopic (exact) mass is 250 g/mol. The molecule has 3 nitrogen and oxygen atoms in total. The van der Waals surface area contributed by atoms with Crippen molar-refractivity contribution < 1.29 is 4.74 Å². The van der Waals surface area contributed by atoms with Crippen molar-refractivity contribution in [2.75, 3.05) is 0 Å². The Hall–Kier alpha value is -1.09. The molecule has 1 heterocycles. The van der Waals surface area contributed by atoms with Gasteiger partial charge in [0.25, 0.3) is 0 Å². The van der Waals surface area contributed by atoms with Crippen molar-refractivity contribution in [2.45, 2.75) is 65.6 Å². The first-order chi connectivity index (χ1) is 8.22. The van der Waals surface area contributed by atoms with Gasteiger partial charge < -0.3 is 10.1 Å². The van der Waals surface area contributed by atoms with E-state index in [1.807, 2.05) is 18.2 Å². The summed E-state index contributed by atoms with van der Waals surface area (Å²) in [6.07, 6.45) is 0.957. The lowest BCUT2D eigenvalue weighted by molar-refractivity contribution is 0.0987. The van der Waals surface area contributed by atoms with Crippen LogP contribution in [0.2, 0.25) is 0 Å². The molecule has 18 heavy (non-hydrogen) atoms. The molecule has 0 radical (unpaired) electrons. The van der Waals surface area contributed by atoms with Gasteiger partial charge in [-0.25, -0.2) is 4.98 Å². The van der Waals surface area contributed by atoms with Crippen LogP contribution in [0, 0.1) is 0 Å². The van der Waals surface area contributed by atoms with Crippen LogP contribution < -0.4 is 10.1 Å². The van der Waals surface area contributed by atoms with Crippen LogP contribution in [0.25, 0.3) is 0 Å². The zero-order chi connectivity index (χ0) is 13.8. The van der Waals surface area contributed by atoms with Gasteiger partial charge in [-0.3, -0.25) is 0 Å². The highest BCUT2D eigenvalue weighted by Crippen LogP contribution is 2.19. The first-order valence-corrected chi connectivity index (χ1v) is 6.62. The van der Waals surface area contributed by atoms with Gasteiger partial charge in [-0.2, -0.15) is 0 Å². The average Bonchev–Trinajstić information content (AvgIpc) is 2.25. The lowest BCUT2D eigenvalue weighted by atomic mass is 10.1. The first-order valence-electron chi connectivity index (χ1n) is 6.62. The second-order valence-corrected chi connectivity index (χ2v) is 6.29. The highest BCUT2D eigenvalue weighted by Gasteiger charge is 2.17. The number of rotatable bonds is 5. The molecule has 1 aromatic heterocycles. The Morgan fingerprint density at radius 3 is 2.39 bits per heavy atom. The van der Waals surface area contributed by atoms with Gasteiger partial charge in [0.05, 0.1) is 5.69 Å². The van der Waals surface area contributed by atoms with Crippen LogP contribution in [0.1, 0.15) is 53.7 Å². The molecule has 0 spiro atoms. The Labute approximate surface area is 111 Å². The maximum absolute atomic E-state index is 5.88. The third-order valence-corrected chi connectivity index (χ3v) is 2.81. The van der Waals surface area contributed by atoms with Crippen LogP contribution in [0.4, 0.5) is 0 Å². The zero-order valence-corrected chi connectivity index (χ0v) is 12.5. The van der Waals surface area contributed by atoms with Crippen molar-refractivity contribution >= 4 is 0 Å². The van der Waals surface area contributed by atoms with E-state index in [0.717, 1.165) is 18.7 Å². The van der Waals surface area contributed by atoms with Crippen molar-refractivity contribution in [3.05, 3.63) is 23.9 Å². The maximum atomic E-state index is 5.88. The molecule has 0 amide bonds. The lowest BCUT2D eigenvalue weighted by Crippen LogP contribution is -2.35. The van der Waals surface area contributed by atoms with E-state index in [0.29, 0.717) is 5.88 Å². The summed E-state index contributed by atoms with van der Waals surface area (Å²) in [6.45, 7) is 13.5. The van der Waals surface area contributed by atoms with Gasteiger partial charge in [0, 0.05) is 18.2 Å². The number of ether oxygens (including phenoxy) is 1. The van der Waals surface area contributed by atoms with E-state index in [9.17, 15) is 0 Å². The Kier molecular flexibility index (Phi) is 4.74. The lowest BCUT2D eigenvalue weighted by Gasteiger charge is -2.24. The fraction of sp³-hybridized carbons (Fsp3) is 0.667. The fourth-order valence-corrected chi connectivity index (χ4v) is 1.32. The summed E-state index contributed by atoms with van der Waals surface area (Å²) in [5, 5.41) is 3.42. The molecule has 0 unspecified atom stereocenters. The minimum atomic E-state index is -0.164. The average molecular weight is 250 g/mol. The topological polar surface area (TPSA) is 34.1 Å². The van der Waals surface area contributed by atoms with Crippen LogP contribution in [-0.4, -0.2) is 16.1 Å². The van der Waals surface area contributed by atoms with E-state index in [1.165, 1.54) is 0 Å². The third kappa shape index (κ3) is 5.50. The SMILES string of the molecule is CCC(C)(C)Oc1cccc(CNC(C)(C)C)n1. The number of hydrogen-bond acceptors (Lipinski definition) is 3. The summed E-state index contributed by atoms with van der Waals surface area (Å²) in [4.78, 5) is 4.52. The Morgan fingerprint density at radius 2 is 1.83 bits per heavy atom. The van der Waals surface area contributed by atoms with Gasteiger partial charge >= 0.3 is 0 Å². The van der Waals surface area contributed by atoms with Crippen molar-refractivity contribution in [1.82, 2.24) is 10.3 Å². The molecule has 0 bridgehead atoms. The molecule has 0 saturated heterocycles. The minimum Gasteiger partial charge on any atom is -0.472 e. The molecule has 1 N–H and O–H groups in total. The Morgan fingerprint density at radius 1 is 1.17 bits per heavy atom. The standard InChI is InChI=1S/C15H26N2O/c1-7-15(5,6)18-13-10-8-9-12(17-13)11-16-14(2,3)4/h8-10,16H,7,11H2,1-6H3. The van der Waals surface area contributed by atoms with E-state index in [-0.39, 0.29) is 11.1 Å². The summed E-state index contributed by atoms with van der Waals surface area (Å²) < 4.78 is 5.88. The highest BCUT2D eigenvalue weighted by atomic mass is 16.5. The molecule has 0 atom stereocenters. The molecule has 0 aliphatic heterocycles. The van der Waals surface area contributed by atoms with Gasteiger partial charge in [0.15, 0.2) is 0 Å². The molecule has 1 rings (SSSR count). The van der Waals surface area contributed by atoms with Crippen LogP contribution in [0.3, 0.4) is 0 Å². The minimum absolute atomic E-state index is 0.0984. The summed E-state index contributed by atoms with van der Waals surface area (Å²) in [5.41, 5.74) is 0.943. The number of nitrogens with zero attached hydrogens (tertiary/aromatic N) is 1. The summed E-state index contributed by atoms with van der Waals surface area (Å²) in [7, 11) is 0. The van der Waals surface area contributed by atoms with Crippen LogP contribution >= 0.6 is 0 Å². The van der Waals surface area contributed by atoms with Crippen molar-refractivity contribution in [3.63, 3.8) is 0 Å². The smallest absolute Gasteiger partial charge is 0.214 e. The van der Waals surface area contributed by atoms with Crippen LogP contribution in [-0.2, 0) is 6.54 Å². The summed E-state index contributed by atoms with van der Waals surface area (Å²) in [6, 6.07) is 5.93. The molecular formula is C15H26N2O. The zero-order valence-electron chi connectivity index (χ0n) is 12.5. The van der Waals surface area contributed by atoms with Gasteiger partial charge in [-0.05, 0) is 47.1 Å². The third-order valence-electron chi connectivity index (χ3n) is 2.81. The highest BCUT2D eigenvalue weighted by molar-refractivity contribution is 5.16. The molecule has 1 aromatic rings. The largest absolute Gasteiger partial charge is 0.472 e. The van der Waals surface area contributed by atoms with E-state index in [2.05, 4.69) is 51.8 Å². The quantitative estimate of drug-likeness (QED) is 0.868. The van der Waals surface area contributed by atoms with Crippen LogP contribution in [0.5, 0.6) is 5.88 Å². The summed E-state index contributed by atoms with van der Waals surface area (Å²) in [5.74, 6) is 0.704. The Balaban J connectivity index is 2.68. The fourth-order valence-electron chi connectivity index (χ4n) is 1.32. The van der Waals surface area contributed by atoms with Crippen molar-refractivity contribution in [3.8, 4) is 5.88 Å². The second kappa shape index (κ2) is 5.70. The number of aromatic nitrogens is 1. The molecule has 0 aliphatic carbocycles. The van der Waals surface area contributed by atoms with E-state index < -0.39 is 0 Å². The molecule has 0 aliphatic rings. The van der Waals surface area contributed by atoms with E-state index in [4.69, 9.17) is 4.74 Å². The second-order valence-electron chi connectivity index (χ2n) is 6.29. The van der Waals surface area contributed by atoms with Gasteiger partial charge in [0.1, 0.15) is 5.60 Å². The Bertz CT molecular complexity index is 380. The molecular weight excluding hydrogens is 224 g/mol. The normalized spacial score (nSPS) is 12.6. The molecule has 0 aromatic carbocycles. The van der Waals surface area contributed by atoms with Crippen molar-refractivity contribution in [2.24, 2.45) is 0 Å². The summed E-state index contributed by atoms with van der Waals surface area (Å²) >= 11 is 0. The van der Waals surface area contributed by atoms with E-state index >= 15 is 0 Å². The van der Waals surface area contributed by atoms with Gasteiger partial charge in [-0.15, -0.1) is 0 Å². The molecule has 0 fully saturated rings. The number of nitrogens with one attached hydrogen (secondary N) is 1. The van der Waals surface area contributed by atoms with E-state index in [1.54, 1.807) is 0 Å². The van der Waals surface area contributed by atoms with Crippen LogP contribution in [0.15, 0.2) is 18.2 Å². The predicted molar refractivity (Wildman–Crippen MR) is 75.8 cm³/mol. The number of pyridine rings is 1. The molecule has 3 heteroatoms. The molecule has 0 saturated carbocycles. The maximum Gasteiger partial charge on any atom is 0.214 e. The predicted octanol–water partition coefficient (Wildman–Crippen LogP) is 3.54. The van der Waals surface area contributed by atoms with Gasteiger partial charge in [-0.1, -0.05) is 13.0 Å². The molecule has 102 valence electrons. The first kappa shape index (κ1) is 15.0. The van der Waals surface area contributed by atoms with Gasteiger partial charge in [0.2, 0.25) is 5.88 Å². The van der Waals surface area contributed by atoms with Crippen molar-refractivity contribution in [1.29, 1.82) is 0 Å². The number of hydrogen-bond donors (Lipinski definition) is 1.